The van der Waals surface area contributed by atoms with Crippen LogP contribution < -0.4 is 0 Å². The quantitative estimate of drug-likeness (QED) is 0.902. The highest BCUT2D eigenvalue weighted by molar-refractivity contribution is 5.75. The fourth-order valence-electron chi connectivity index (χ4n) is 2.92. The minimum absolute atomic E-state index is 0.00471. The Morgan fingerprint density at radius 1 is 1.35 bits per heavy atom. The van der Waals surface area contributed by atoms with Crippen molar-refractivity contribution in [2.45, 2.75) is 25.4 Å². The molecule has 0 bridgehead atoms. The minimum atomic E-state index is -1.05. The molecule has 1 unspecified atom stereocenters. The Hall–Kier alpha value is -1.53. The average molecular weight is 326 g/mol. The molecule has 1 aromatic rings. The summed E-state index contributed by atoms with van der Waals surface area (Å²) in [5, 5.41) is 10.2. The number of nitrogens with zero attached hydrogens (tertiary/aromatic N) is 2. The second-order valence-electron chi connectivity index (χ2n) is 6.42. The van der Waals surface area contributed by atoms with E-state index < -0.39 is 17.7 Å². The number of carbonyl (C=O) groups is 1. The van der Waals surface area contributed by atoms with Gasteiger partial charge >= 0.3 is 0 Å². The van der Waals surface area contributed by atoms with E-state index in [2.05, 4.69) is 0 Å². The van der Waals surface area contributed by atoms with Gasteiger partial charge in [-0.05, 0) is 50.0 Å². The van der Waals surface area contributed by atoms with Gasteiger partial charge in [-0.3, -0.25) is 4.79 Å². The predicted octanol–water partition coefficient (Wildman–Crippen LogP) is 2.19. The van der Waals surface area contributed by atoms with Gasteiger partial charge in [-0.1, -0.05) is 0 Å². The van der Waals surface area contributed by atoms with Crippen molar-refractivity contribution < 1.29 is 18.7 Å². The van der Waals surface area contributed by atoms with E-state index in [1.807, 2.05) is 4.90 Å². The van der Waals surface area contributed by atoms with Crippen LogP contribution in [0.3, 0.4) is 0 Å². The SMILES string of the molecule is CN(C)C(=O)CC1CCN(CC(O)c2cc(F)ccc2F)CC1. The molecule has 0 aromatic heterocycles. The second-order valence-corrected chi connectivity index (χ2v) is 6.42. The van der Waals surface area contributed by atoms with Gasteiger partial charge in [0, 0.05) is 32.6 Å². The molecule has 6 heteroatoms. The summed E-state index contributed by atoms with van der Waals surface area (Å²) in [6.45, 7) is 1.77. The first-order valence-corrected chi connectivity index (χ1v) is 7.92. The molecule has 1 aliphatic rings. The fourth-order valence-corrected chi connectivity index (χ4v) is 2.92. The number of hydrogen-bond acceptors (Lipinski definition) is 3. The molecule has 0 spiro atoms. The summed E-state index contributed by atoms with van der Waals surface area (Å²) in [6.07, 6.45) is 1.24. The summed E-state index contributed by atoms with van der Waals surface area (Å²) in [5.41, 5.74) is -0.00471. The molecule has 0 radical (unpaired) electrons. The van der Waals surface area contributed by atoms with E-state index in [0.29, 0.717) is 12.3 Å². The Morgan fingerprint density at radius 2 is 2.00 bits per heavy atom. The van der Waals surface area contributed by atoms with Gasteiger partial charge in [0.1, 0.15) is 11.6 Å². The molecular formula is C17H24F2N2O2. The Balaban J connectivity index is 1.84. The molecular weight excluding hydrogens is 302 g/mol. The van der Waals surface area contributed by atoms with E-state index in [1.54, 1.807) is 19.0 Å². The average Bonchev–Trinajstić information content (AvgIpc) is 2.51. The van der Waals surface area contributed by atoms with Gasteiger partial charge in [-0.15, -0.1) is 0 Å². The van der Waals surface area contributed by atoms with E-state index in [-0.39, 0.29) is 18.0 Å². The van der Waals surface area contributed by atoms with Gasteiger partial charge in [0.15, 0.2) is 0 Å². The zero-order chi connectivity index (χ0) is 17.0. The third-order valence-corrected chi connectivity index (χ3v) is 4.42. The molecule has 1 N–H and O–H groups in total. The number of carbonyl (C=O) groups excluding carboxylic acids is 1. The fraction of sp³-hybridized carbons (Fsp3) is 0.588. The molecule has 1 aromatic carbocycles. The Labute approximate surface area is 135 Å². The van der Waals surface area contributed by atoms with Crippen LogP contribution in [0, 0.1) is 17.6 Å². The lowest BCUT2D eigenvalue weighted by Gasteiger charge is -2.33. The number of rotatable bonds is 5. The summed E-state index contributed by atoms with van der Waals surface area (Å²) in [4.78, 5) is 15.4. The van der Waals surface area contributed by atoms with E-state index in [1.165, 1.54) is 0 Å². The van der Waals surface area contributed by atoms with Gasteiger partial charge in [-0.25, -0.2) is 8.78 Å². The number of hydrogen-bond donors (Lipinski definition) is 1. The lowest BCUT2D eigenvalue weighted by atomic mass is 9.92. The van der Waals surface area contributed by atoms with E-state index in [4.69, 9.17) is 0 Å². The van der Waals surface area contributed by atoms with Gasteiger partial charge in [-0.2, -0.15) is 0 Å². The highest BCUT2D eigenvalue weighted by Crippen LogP contribution is 2.24. The first-order chi connectivity index (χ1) is 10.9. The number of aliphatic hydroxyl groups is 1. The Kier molecular flexibility index (Phi) is 6.07. The normalized spacial score (nSPS) is 18.0. The van der Waals surface area contributed by atoms with Crippen LogP contribution in [0.1, 0.15) is 30.9 Å². The molecule has 128 valence electrons. The maximum atomic E-state index is 13.7. The maximum absolute atomic E-state index is 13.7. The zero-order valence-corrected chi connectivity index (χ0v) is 13.6. The zero-order valence-electron chi connectivity index (χ0n) is 13.6. The molecule has 23 heavy (non-hydrogen) atoms. The summed E-state index contributed by atoms with van der Waals surface area (Å²) in [7, 11) is 3.50. The standard InChI is InChI=1S/C17H24F2N2O2/c1-20(2)17(23)9-12-5-7-21(8-6-12)11-16(22)14-10-13(18)3-4-15(14)19/h3-4,10,12,16,22H,5-9,11H2,1-2H3. The molecule has 1 heterocycles. The monoisotopic (exact) mass is 326 g/mol. The number of halogens is 2. The highest BCUT2D eigenvalue weighted by Gasteiger charge is 2.24. The van der Waals surface area contributed by atoms with Crippen molar-refractivity contribution in [2.24, 2.45) is 5.92 Å². The number of aliphatic hydroxyl groups excluding tert-OH is 1. The molecule has 1 amide bonds. The van der Waals surface area contributed by atoms with Crippen LogP contribution in [0.15, 0.2) is 18.2 Å². The lowest BCUT2D eigenvalue weighted by molar-refractivity contribution is -0.130. The number of β-amino-alcohol motifs (C(OH)–C–C–N with tert-alkyl or cyclic N) is 1. The van der Waals surface area contributed by atoms with E-state index in [0.717, 1.165) is 44.1 Å². The highest BCUT2D eigenvalue weighted by atomic mass is 19.1. The van der Waals surface area contributed by atoms with Crippen molar-refractivity contribution >= 4 is 5.91 Å². The van der Waals surface area contributed by atoms with Crippen LogP contribution in [0.5, 0.6) is 0 Å². The minimum Gasteiger partial charge on any atom is -0.387 e. The first-order valence-electron chi connectivity index (χ1n) is 7.92. The van der Waals surface area contributed by atoms with Crippen LogP contribution in [0.4, 0.5) is 8.78 Å². The summed E-state index contributed by atoms with van der Waals surface area (Å²) >= 11 is 0. The van der Waals surface area contributed by atoms with E-state index >= 15 is 0 Å². The van der Waals surface area contributed by atoms with Crippen LogP contribution in [0.25, 0.3) is 0 Å². The Morgan fingerprint density at radius 3 is 2.61 bits per heavy atom. The van der Waals surface area contributed by atoms with Crippen molar-refractivity contribution in [3.05, 3.63) is 35.4 Å². The van der Waals surface area contributed by atoms with E-state index in [9.17, 15) is 18.7 Å². The van der Waals surface area contributed by atoms with Gasteiger partial charge in [0.25, 0.3) is 0 Å². The summed E-state index contributed by atoms with van der Waals surface area (Å²) in [5.74, 6) is -0.666. The second kappa shape index (κ2) is 7.84. The molecule has 2 rings (SSSR count). The van der Waals surface area contributed by atoms with Crippen molar-refractivity contribution in [3.63, 3.8) is 0 Å². The molecule has 1 saturated heterocycles. The van der Waals surface area contributed by atoms with Gasteiger partial charge < -0.3 is 14.9 Å². The number of benzene rings is 1. The third-order valence-electron chi connectivity index (χ3n) is 4.42. The number of amides is 1. The maximum Gasteiger partial charge on any atom is 0.222 e. The lowest BCUT2D eigenvalue weighted by Crippen LogP contribution is -2.38. The smallest absolute Gasteiger partial charge is 0.222 e. The first kappa shape index (κ1) is 17.8. The third kappa shape index (κ3) is 4.97. The van der Waals surface area contributed by atoms with Gasteiger partial charge in [0.05, 0.1) is 6.10 Å². The van der Waals surface area contributed by atoms with Crippen LogP contribution in [-0.4, -0.2) is 54.5 Å². The molecule has 0 saturated carbocycles. The Bertz CT molecular complexity index is 543. The number of likely N-dealkylation sites (tertiary alicyclic amines) is 1. The number of piperidine rings is 1. The van der Waals surface area contributed by atoms with Crippen LogP contribution in [0.2, 0.25) is 0 Å². The van der Waals surface area contributed by atoms with Gasteiger partial charge in [0.2, 0.25) is 5.91 Å². The molecule has 1 atom stereocenters. The van der Waals surface area contributed by atoms with Crippen LogP contribution in [-0.2, 0) is 4.79 Å². The largest absolute Gasteiger partial charge is 0.387 e. The van der Waals surface area contributed by atoms with Crippen LogP contribution >= 0.6 is 0 Å². The summed E-state index contributed by atoms with van der Waals surface area (Å²) in [6, 6.07) is 3.12. The summed E-state index contributed by atoms with van der Waals surface area (Å²) < 4.78 is 26.9. The molecule has 1 fully saturated rings. The van der Waals surface area contributed by atoms with Crippen molar-refractivity contribution in [1.29, 1.82) is 0 Å². The topological polar surface area (TPSA) is 43.8 Å². The molecule has 1 aliphatic heterocycles. The molecule has 0 aliphatic carbocycles. The van der Waals surface area contributed by atoms with Crippen molar-refractivity contribution in [2.75, 3.05) is 33.7 Å². The predicted molar refractivity (Wildman–Crippen MR) is 83.8 cm³/mol. The van der Waals surface area contributed by atoms with Crippen molar-refractivity contribution in [3.8, 4) is 0 Å². The van der Waals surface area contributed by atoms with Crippen molar-refractivity contribution in [1.82, 2.24) is 9.80 Å². The molecule has 4 nitrogen and oxygen atoms in total.